The first kappa shape index (κ1) is 32.5. The van der Waals surface area contributed by atoms with Gasteiger partial charge in [0, 0.05) is 33.4 Å². The molecule has 0 amide bonds. The van der Waals surface area contributed by atoms with E-state index < -0.39 is 0 Å². The smallest absolute Gasteiger partial charge is 0.164 e. The van der Waals surface area contributed by atoms with Gasteiger partial charge in [-0.15, -0.1) is 0 Å². The van der Waals surface area contributed by atoms with Crippen LogP contribution in [0.25, 0.3) is 90.6 Å². The van der Waals surface area contributed by atoms with E-state index in [2.05, 4.69) is 60.7 Å². The van der Waals surface area contributed by atoms with E-state index in [0.29, 0.717) is 34.9 Å². The molecule has 2 aromatic heterocycles. The Hall–Kier alpha value is -7.44. The summed E-state index contributed by atoms with van der Waals surface area (Å²) in [7, 11) is 0. The molecule has 54 heavy (non-hydrogen) atoms. The number of nitrogens with zero attached hydrogens (tertiary/aromatic N) is 6. The average Bonchev–Trinajstić information content (AvgIpc) is 3.27. The van der Waals surface area contributed by atoms with Gasteiger partial charge in [-0.1, -0.05) is 194 Å². The molecule has 0 radical (unpaired) electrons. The second-order valence-corrected chi connectivity index (χ2v) is 12.7. The molecule has 2 heterocycles. The van der Waals surface area contributed by atoms with E-state index in [1.54, 1.807) is 0 Å². The van der Waals surface area contributed by atoms with E-state index >= 15 is 0 Å². The van der Waals surface area contributed by atoms with Crippen LogP contribution in [-0.4, -0.2) is 29.9 Å². The lowest BCUT2D eigenvalue weighted by atomic mass is 9.94. The Morgan fingerprint density at radius 2 is 0.389 bits per heavy atom. The molecule has 0 aliphatic heterocycles. The monoisotopic (exact) mass is 692 g/mol. The number of aromatic nitrogens is 6. The van der Waals surface area contributed by atoms with Crippen LogP contribution in [0, 0.1) is 0 Å². The van der Waals surface area contributed by atoms with E-state index in [1.165, 1.54) is 0 Å². The summed E-state index contributed by atoms with van der Waals surface area (Å²) in [6.07, 6.45) is 0. The van der Waals surface area contributed by atoms with E-state index in [1.807, 2.05) is 133 Å². The third-order valence-corrected chi connectivity index (χ3v) is 9.24. The molecule has 254 valence electrons. The maximum absolute atomic E-state index is 5.01. The first-order valence-corrected chi connectivity index (χ1v) is 17.8. The van der Waals surface area contributed by atoms with Crippen LogP contribution in [0.4, 0.5) is 0 Å². The first-order chi connectivity index (χ1) is 26.8. The highest BCUT2D eigenvalue weighted by Crippen LogP contribution is 2.36. The summed E-state index contributed by atoms with van der Waals surface area (Å²) in [5, 5.41) is 0. The molecule has 0 atom stereocenters. The number of hydrogen-bond donors (Lipinski definition) is 0. The lowest BCUT2D eigenvalue weighted by molar-refractivity contribution is 1.07. The molecule has 0 saturated carbocycles. The summed E-state index contributed by atoms with van der Waals surface area (Å²) in [6.45, 7) is 0. The summed E-state index contributed by atoms with van der Waals surface area (Å²) in [4.78, 5) is 29.8. The van der Waals surface area contributed by atoms with E-state index in [0.717, 1.165) is 55.6 Å². The minimum atomic E-state index is 0.617. The molecule has 0 saturated heterocycles. The van der Waals surface area contributed by atoms with Gasteiger partial charge in [0.1, 0.15) is 0 Å². The van der Waals surface area contributed by atoms with Crippen molar-refractivity contribution in [1.29, 1.82) is 0 Å². The molecule has 6 nitrogen and oxygen atoms in total. The Morgan fingerprint density at radius 3 is 0.667 bits per heavy atom. The Kier molecular flexibility index (Phi) is 8.81. The van der Waals surface area contributed by atoms with Gasteiger partial charge in [0.2, 0.25) is 0 Å². The summed E-state index contributed by atoms with van der Waals surface area (Å²) >= 11 is 0. The van der Waals surface area contributed by atoms with Crippen molar-refractivity contribution in [3.05, 3.63) is 194 Å². The minimum absolute atomic E-state index is 0.617. The zero-order chi connectivity index (χ0) is 36.1. The quantitative estimate of drug-likeness (QED) is 0.158. The zero-order valence-electron chi connectivity index (χ0n) is 29.2. The highest BCUT2D eigenvalue weighted by atomic mass is 15.0. The van der Waals surface area contributed by atoms with Crippen molar-refractivity contribution in [2.45, 2.75) is 0 Å². The van der Waals surface area contributed by atoms with Crippen molar-refractivity contribution in [2.75, 3.05) is 0 Å². The van der Waals surface area contributed by atoms with Crippen molar-refractivity contribution in [2.24, 2.45) is 0 Å². The third-order valence-electron chi connectivity index (χ3n) is 9.24. The molecular formula is C48H32N6. The number of rotatable bonds is 8. The fraction of sp³-hybridized carbons (Fsp3) is 0. The SMILES string of the molecule is c1ccc(-c2nc(-c3ccccc3)nc(-c3ccccc3-c3ccc(-c4ccccc4-c4nc(-c5ccccc5)nc(-c5ccccc5)n4)cc3)n2)cc1. The second-order valence-electron chi connectivity index (χ2n) is 12.7. The molecule has 0 N–H and O–H groups in total. The molecule has 0 aliphatic carbocycles. The maximum Gasteiger partial charge on any atom is 0.164 e. The van der Waals surface area contributed by atoms with Gasteiger partial charge in [0.25, 0.3) is 0 Å². The van der Waals surface area contributed by atoms with E-state index in [4.69, 9.17) is 29.9 Å². The summed E-state index contributed by atoms with van der Waals surface area (Å²) in [5.41, 5.74) is 9.74. The van der Waals surface area contributed by atoms with E-state index in [9.17, 15) is 0 Å². The Balaban J connectivity index is 1.12. The molecule has 7 aromatic carbocycles. The van der Waals surface area contributed by atoms with Gasteiger partial charge in [0.15, 0.2) is 34.9 Å². The van der Waals surface area contributed by atoms with Crippen molar-refractivity contribution in [3.8, 4) is 90.6 Å². The first-order valence-electron chi connectivity index (χ1n) is 17.8. The molecule has 0 fully saturated rings. The highest BCUT2D eigenvalue weighted by Gasteiger charge is 2.18. The van der Waals surface area contributed by atoms with Gasteiger partial charge in [-0.25, -0.2) is 29.9 Å². The lowest BCUT2D eigenvalue weighted by Crippen LogP contribution is -2.01. The average molecular weight is 693 g/mol. The topological polar surface area (TPSA) is 77.3 Å². The van der Waals surface area contributed by atoms with Crippen LogP contribution in [0.3, 0.4) is 0 Å². The fourth-order valence-electron chi connectivity index (χ4n) is 6.55. The summed E-state index contributed by atoms with van der Waals surface area (Å²) in [6, 6.07) is 65.3. The van der Waals surface area contributed by atoms with Crippen LogP contribution in [0.15, 0.2) is 194 Å². The molecule has 0 spiro atoms. The molecule has 0 bridgehead atoms. The van der Waals surface area contributed by atoms with Crippen LogP contribution in [0.5, 0.6) is 0 Å². The summed E-state index contributed by atoms with van der Waals surface area (Å²) in [5.74, 6) is 3.75. The van der Waals surface area contributed by atoms with Crippen LogP contribution < -0.4 is 0 Å². The molecule has 6 heteroatoms. The van der Waals surface area contributed by atoms with Gasteiger partial charge in [-0.2, -0.15) is 0 Å². The second kappa shape index (κ2) is 14.7. The Bertz CT molecular complexity index is 2380. The Morgan fingerprint density at radius 1 is 0.167 bits per heavy atom. The van der Waals surface area contributed by atoms with Gasteiger partial charge in [-0.3, -0.25) is 0 Å². The van der Waals surface area contributed by atoms with Gasteiger partial charge >= 0.3 is 0 Å². The molecule has 9 rings (SSSR count). The largest absolute Gasteiger partial charge is 0.208 e. The van der Waals surface area contributed by atoms with Gasteiger partial charge in [0.05, 0.1) is 0 Å². The standard InChI is InChI=1S/C48H32N6/c1-5-17-35(18-6-1)43-49-44(36-19-7-2-8-20-36)52-47(51-43)41-27-15-13-25-39(41)33-29-31-34(32-30-33)40-26-14-16-28-42(40)48-53-45(37-21-9-3-10-22-37)50-46(54-48)38-23-11-4-12-24-38/h1-32H. The van der Waals surface area contributed by atoms with Crippen LogP contribution in [0.1, 0.15) is 0 Å². The zero-order valence-corrected chi connectivity index (χ0v) is 29.2. The predicted octanol–water partition coefficient (Wildman–Crippen LogP) is 11.4. The Labute approximate surface area is 313 Å². The van der Waals surface area contributed by atoms with Crippen LogP contribution >= 0.6 is 0 Å². The van der Waals surface area contributed by atoms with Gasteiger partial charge < -0.3 is 0 Å². The van der Waals surface area contributed by atoms with Crippen molar-refractivity contribution < 1.29 is 0 Å². The van der Waals surface area contributed by atoms with Crippen LogP contribution in [-0.2, 0) is 0 Å². The van der Waals surface area contributed by atoms with Crippen molar-refractivity contribution in [1.82, 2.24) is 29.9 Å². The highest BCUT2D eigenvalue weighted by molar-refractivity contribution is 5.86. The predicted molar refractivity (Wildman–Crippen MR) is 217 cm³/mol. The number of hydrogen-bond acceptors (Lipinski definition) is 6. The molecule has 9 aromatic rings. The third kappa shape index (κ3) is 6.67. The van der Waals surface area contributed by atoms with Crippen molar-refractivity contribution >= 4 is 0 Å². The van der Waals surface area contributed by atoms with E-state index in [-0.39, 0.29) is 0 Å². The van der Waals surface area contributed by atoms with Gasteiger partial charge in [-0.05, 0) is 22.3 Å². The number of benzene rings is 7. The fourth-order valence-corrected chi connectivity index (χ4v) is 6.55. The van der Waals surface area contributed by atoms with Crippen molar-refractivity contribution in [3.63, 3.8) is 0 Å². The summed E-state index contributed by atoms with van der Waals surface area (Å²) < 4.78 is 0. The molecule has 0 unspecified atom stereocenters. The molecular weight excluding hydrogens is 661 g/mol. The minimum Gasteiger partial charge on any atom is -0.208 e. The van der Waals surface area contributed by atoms with Crippen LogP contribution in [0.2, 0.25) is 0 Å². The maximum atomic E-state index is 5.01. The normalized spacial score (nSPS) is 11.0. The molecule has 0 aliphatic rings. The lowest BCUT2D eigenvalue weighted by Gasteiger charge is -2.14.